The van der Waals surface area contributed by atoms with Crippen LogP contribution in [0.25, 0.3) is 0 Å². The average Bonchev–Trinajstić information content (AvgIpc) is 3.06. The molecule has 5 heteroatoms. The molecule has 0 amide bonds. The second-order valence-corrected chi connectivity index (χ2v) is 6.38. The highest BCUT2D eigenvalue weighted by Gasteiger charge is 2.49. The van der Waals surface area contributed by atoms with E-state index in [2.05, 4.69) is 17.1 Å². The molecule has 3 atom stereocenters. The lowest BCUT2D eigenvalue weighted by Crippen LogP contribution is -2.53. The van der Waals surface area contributed by atoms with Crippen LogP contribution in [-0.4, -0.2) is 59.4 Å². The SMILES string of the molecule is CC1CN(C2CCC(NC3CC3)(C(=O)O)C2)CCO1. The lowest BCUT2D eigenvalue weighted by Gasteiger charge is -2.36. The predicted octanol–water partition coefficient (Wildman–Crippen LogP) is 0.835. The van der Waals surface area contributed by atoms with Gasteiger partial charge in [0, 0.05) is 25.2 Å². The fourth-order valence-electron chi connectivity index (χ4n) is 3.51. The summed E-state index contributed by atoms with van der Waals surface area (Å²) in [4.78, 5) is 14.1. The maximum Gasteiger partial charge on any atom is 0.323 e. The van der Waals surface area contributed by atoms with E-state index in [0.29, 0.717) is 12.1 Å². The number of aliphatic carboxylic acids is 1. The van der Waals surface area contributed by atoms with E-state index in [9.17, 15) is 9.90 Å². The molecule has 0 bridgehead atoms. The van der Waals surface area contributed by atoms with Gasteiger partial charge in [-0.1, -0.05) is 0 Å². The van der Waals surface area contributed by atoms with Crippen LogP contribution >= 0.6 is 0 Å². The van der Waals surface area contributed by atoms with Gasteiger partial charge in [-0.15, -0.1) is 0 Å². The molecular formula is C14H24N2O3. The van der Waals surface area contributed by atoms with Crippen LogP contribution in [0.1, 0.15) is 39.0 Å². The van der Waals surface area contributed by atoms with Gasteiger partial charge in [0.05, 0.1) is 12.7 Å². The van der Waals surface area contributed by atoms with Crippen molar-refractivity contribution < 1.29 is 14.6 Å². The Morgan fingerprint density at radius 2 is 2.21 bits per heavy atom. The molecule has 108 valence electrons. The lowest BCUT2D eigenvalue weighted by atomic mass is 9.97. The van der Waals surface area contributed by atoms with E-state index < -0.39 is 11.5 Å². The Morgan fingerprint density at radius 3 is 2.84 bits per heavy atom. The van der Waals surface area contributed by atoms with Gasteiger partial charge in [-0.25, -0.2) is 0 Å². The number of nitrogens with zero attached hydrogens (tertiary/aromatic N) is 1. The Balaban J connectivity index is 1.64. The third kappa shape index (κ3) is 2.78. The number of hydrogen-bond acceptors (Lipinski definition) is 4. The highest BCUT2D eigenvalue weighted by atomic mass is 16.5. The first kappa shape index (κ1) is 13.3. The van der Waals surface area contributed by atoms with Crippen LogP contribution in [0.3, 0.4) is 0 Å². The maximum absolute atomic E-state index is 11.7. The highest BCUT2D eigenvalue weighted by molar-refractivity contribution is 5.79. The first-order chi connectivity index (χ1) is 9.09. The van der Waals surface area contributed by atoms with Crippen LogP contribution in [0, 0.1) is 0 Å². The van der Waals surface area contributed by atoms with Gasteiger partial charge in [0.15, 0.2) is 0 Å². The number of ether oxygens (including phenoxy) is 1. The summed E-state index contributed by atoms with van der Waals surface area (Å²) < 4.78 is 5.57. The number of morpholine rings is 1. The molecule has 1 heterocycles. The van der Waals surface area contributed by atoms with Crippen molar-refractivity contribution in [2.45, 2.75) is 62.8 Å². The molecular weight excluding hydrogens is 244 g/mol. The molecule has 0 aromatic rings. The second kappa shape index (κ2) is 5.04. The summed E-state index contributed by atoms with van der Waals surface area (Å²) in [6.07, 6.45) is 5.02. The van der Waals surface area contributed by atoms with Crippen molar-refractivity contribution in [2.24, 2.45) is 0 Å². The molecule has 3 rings (SSSR count). The van der Waals surface area contributed by atoms with E-state index in [1.54, 1.807) is 0 Å². The maximum atomic E-state index is 11.7. The number of carbonyl (C=O) groups is 1. The van der Waals surface area contributed by atoms with Crippen molar-refractivity contribution in [3.05, 3.63) is 0 Å². The molecule has 0 spiro atoms. The Kier molecular flexibility index (Phi) is 3.53. The van der Waals surface area contributed by atoms with Gasteiger partial charge in [0.25, 0.3) is 0 Å². The molecule has 2 aliphatic carbocycles. The molecule has 0 radical (unpaired) electrons. The third-order valence-electron chi connectivity index (χ3n) is 4.74. The predicted molar refractivity (Wildman–Crippen MR) is 71.2 cm³/mol. The van der Waals surface area contributed by atoms with Crippen LogP contribution in [0.4, 0.5) is 0 Å². The summed E-state index contributed by atoms with van der Waals surface area (Å²) in [5.74, 6) is -0.664. The molecule has 1 aliphatic heterocycles. The second-order valence-electron chi connectivity index (χ2n) is 6.38. The lowest BCUT2D eigenvalue weighted by molar-refractivity contribution is -0.145. The molecule has 3 aliphatic rings. The normalized spacial score (nSPS) is 40.5. The molecule has 2 N–H and O–H groups in total. The Morgan fingerprint density at radius 1 is 1.42 bits per heavy atom. The molecule has 3 fully saturated rings. The Bertz CT molecular complexity index is 359. The van der Waals surface area contributed by atoms with Crippen LogP contribution in [-0.2, 0) is 9.53 Å². The van der Waals surface area contributed by atoms with Crippen LogP contribution in [0.15, 0.2) is 0 Å². The van der Waals surface area contributed by atoms with E-state index in [1.165, 1.54) is 0 Å². The molecule has 0 aromatic carbocycles. The zero-order valence-corrected chi connectivity index (χ0v) is 11.6. The quantitative estimate of drug-likeness (QED) is 0.791. The highest BCUT2D eigenvalue weighted by Crippen LogP contribution is 2.37. The summed E-state index contributed by atoms with van der Waals surface area (Å²) in [5.41, 5.74) is -0.673. The van der Waals surface area contributed by atoms with Gasteiger partial charge in [0.2, 0.25) is 0 Å². The monoisotopic (exact) mass is 268 g/mol. The Labute approximate surface area is 114 Å². The van der Waals surface area contributed by atoms with Crippen molar-refractivity contribution in [3.63, 3.8) is 0 Å². The number of carboxylic acid groups (broad SMARTS) is 1. The van der Waals surface area contributed by atoms with Gasteiger partial charge >= 0.3 is 5.97 Å². The zero-order valence-electron chi connectivity index (χ0n) is 11.6. The van der Waals surface area contributed by atoms with Gasteiger partial charge in [-0.2, -0.15) is 0 Å². The first-order valence-electron chi connectivity index (χ1n) is 7.46. The summed E-state index contributed by atoms with van der Waals surface area (Å²) in [6, 6.07) is 0.840. The van der Waals surface area contributed by atoms with Crippen molar-refractivity contribution in [3.8, 4) is 0 Å². The van der Waals surface area contributed by atoms with Gasteiger partial charge in [-0.3, -0.25) is 15.0 Å². The summed E-state index contributed by atoms with van der Waals surface area (Å²) in [6.45, 7) is 4.74. The number of carboxylic acids is 1. The standard InChI is InChI=1S/C14H24N2O3/c1-10-9-16(6-7-19-10)12-4-5-14(8-12,13(17)18)15-11-2-3-11/h10-12,15H,2-9H2,1H3,(H,17,18). The van der Waals surface area contributed by atoms with E-state index in [4.69, 9.17) is 4.74 Å². The molecule has 2 saturated carbocycles. The fraction of sp³-hybridized carbons (Fsp3) is 0.929. The van der Waals surface area contributed by atoms with E-state index in [-0.39, 0.29) is 6.10 Å². The topological polar surface area (TPSA) is 61.8 Å². The molecule has 19 heavy (non-hydrogen) atoms. The van der Waals surface area contributed by atoms with E-state index in [1.807, 2.05) is 0 Å². The molecule has 1 saturated heterocycles. The van der Waals surface area contributed by atoms with Crippen LogP contribution in [0.5, 0.6) is 0 Å². The number of nitrogens with one attached hydrogen (secondary N) is 1. The summed E-state index contributed by atoms with van der Waals surface area (Å²) in [7, 11) is 0. The van der Waals surface area contributed by atoms with Gasteiger partial charge in [0.1, 0.15) is 5.54 Å². The number of rotatable bonds is 4. The summed E-state index contributed by atoms with van der Waals surface area (Å²) in [5, 5.41) is 13.0. The largest absolute Gasteiger partial charge is 0.480 e. The summed E-state index contributed by atoms with van der Waals surface area (Å²) >= 11 is 0. The average molecular weight is 268 g/mol. The van der Waals surface area contributed by atoms with E-state index >= 15 is 0 Å². The fourth-order valence-corrected chi connectivity index (χ4v) is 3.51. The zero-order chi connectivity index (χ0) is 13.5. The van der Waals surface area contributed by atoms with Crippen molar-refractivity contribution >= 4 is 5.97 Å². The molecule has 0 aromatic heterocycles. The van der Waals surface area contributed by atoms with Crippen molar-refractivity contribution in [1.29, 1.82) is 0 Å². The molecule has 5 nitrogen and oxygen atoms in total. The number of hydrogen-bond donors (Lipinski definition) is 2. The van der Waals surface area contributed by atoms with Crippen LogP contribution in [0.2, 0.25) is 0 Å². The van der Waals surface area contributed by atoms with Gasteiger partial charge in [-0.05, 0) is 39.0 Å². The third-order valence-corrected chi connectivity index (χ3v) is 4.74. The minimum atomic E-state index is -0.673. The Hall–Kier alpha value is -0.650. The minimum absolute atomic E-state index is 0.268. The van der Waals surface area contributed by atoms with Crippen molar-refractivity contribution in [2.75, 3.05) is 19.7 Å². The first-order valence-corrected chi connectivity index (χ1v) is 7.46. The van der Waals surface area contributed by atoms with Gasteiger partial charge < -0.3 is 9.84 Å². The van der Waals surface area contributed by atoms with Crippen molar-refractivity contribution in [1.82, 2.24) is 10.2 Å². The van der Waals surface area contributed by atoms with Crippen LogP contribution < -0.4 is 5.32 Å². The molecule has 3 unspecified atom stereocenters. The van der Waals surface area contributed by atoms with E-state index in [0.717, 1.165) is 51.8 Å². The minimum Gasteiger partial charge on any atom is -0.480 e. The smallest absolute Gasteiger partial charge is 0.323 e.